The fraction of sp³-hybridized carbons (Fsp3) is 0.107. The highest BCUT2D eigenvalue weighted by atomic mass is 35.5. The smallest absolute Gasteiger partial charge is 0.221 e. The lowest BCUT2D eigenvalue weighted by molar-refractivity contribution is -0.114. The van der Waals surface area contributed by atoms with E-state index in [4.69, 9.17) is 16.3 Å². The van der Waals surface area contributed by atoms with Crippen LogP contribution in [0.15, 0.2) is 79.3 Å². The summed E-state index contributed by atoms with van der Waals surface area (Å²) < 4.78 is 5.89. The Labute approximate surface area is 209 Å². The molecule has 0 saturated carbocycles. The van der Waals surface area contributed by atoms with Crippen LogP contribution in [0, 0.1) is 18.8 Å². The SMILES string of the molecule is CC(=O)Nc1cccc(C#Cc2cncnc2Nc2ccc(OCc3cccc(C)c3)c(Cl)c2)c1. The molecule has 0 atom stereocenters. The van der Waals surface area contributed by atoms with Crippen molar-refractivity contribution >= 4 is 34.7 Å². The van der Waals surface area contributed by atoms with E-state index in [0.717, 1.165) is 16.8 Å². The van der Waals surface area contributed by atoms with Crippen molar-refractivity contribution in [3.05, 3.63) is 107 Å². The fourth-order valence-electron chi connectivity index (χ4n) is 3.33. The molecule has 35 heavy (non-hydrogen) atoms. The van der Waals surface area contributed by atoms with E-state index in [1.165, 1.54) is 18.8 Å². The number of hydrogen-bond acceptors (Lipinski definition) is 5. The summed E-state index contributed by atoms with van der Waals surface area (Å²) in [4.78, 5) is 19.7. The number of nitrogens with zero attached hydrogens (tertiary/aromatic N) is 2. The number of carbonyl (C=O) groups is 1. The Morgan fingerprint density at radius 3 is 2.69 bits per heavy atom. The summed E-state index contributed by atoms with van der Waals surface area (Å²) in [7, 11) is 0. The quantitative estimate of drug-likeness (QED) is 0.324. The molecule has 0 radical (unpaired) electrons. The van der Waals surface area contributed by atoms with Crippen molar-refractivity contribution in [2.45, 2.75) is 20.5 Å². The van der Waals surface area contributed by atoms with Crippen molar-refractivity contribution in [2.24, 2.45) is 0 Å². The number of benzene rings is 3. The Bertz CT molecular complexity index is 1430. The zero-order chi connectivity index (χ0) is 24.6. The number of nitrogens with one attached hydrogen (secondary N) is 2. The van der Waals surface area contributed by atoms with E-state index in [1.807, 2.05) is 55.5 Å². The Morgan fingerprint density at radius 1 is 1.03 bits per heavy atom. The number of aromatic nitrogens is 2. The standard InChI is InChI=1S/C28H23ClN4O2/c1-19-5-3-7-22(13-19)17-35-27-12-11-25(15-26(27)29)33-28-23(16-30-18-31-28)10-9-21-6-4-8-24(14-21)32-20(2)34/h3-8,11-16,18H,17H2,1-2H3,(H,32,34)(H,30,31,33). The summed E-state index contributed by atoms with van der Waals surface area (Å²) in [5.41, 5.74) is 5.06. The molecule has 7 heteroatoms. The summed E-state index contributed by atoms with van der Waals surface area (Å²) in [6, 6.07) is 20.9. The topological polar surface area (TPSA) is 76.1 Å². The molecule has 0 fully saturated rings. The minimum atomic E-state index is -0.136. The number of ether oxygens (including phenoxy) is 1. The molecule has 4 rings (SSSR count). The third-order valence-corrected chi connectivity index (χ3v) is 5.20. The van der Waals surface area contributed by atoms with Gasteiger partial charge in [-0.3, -0.25) is 4.79 Å². The highest BCUT2D eigenvalue weighted by molar-refractivity contribution is 6.32. The van der Waals surface area contributed by atoms with Crippen molar-refractivity contribution in [3.8, 4) is 17.6 Å². The van der Waals surface area contributed by atoms with Gasteiger partial charge in [0.15, 0.2) is 0 Å². The molecule has 4 aromatic rings. The van der Waals surface area contributed by atoms with Crippen LogP contribution in [0.4, 0.5) is 17.2 Å². The second-order valence-electron chi connectivity index (χ2n) is 7.84. The molecule has 0 bridgehead atoms. The first-order chi connectivity index (χ1) is 17.0. The van der Waals surface area contributed by atoms with Gasteiger partial charge in [0.25, 0.3) is 0 Å². The predicted molar refractivity (Wildman–Crippen MR) is 139 cm³/mol. The molecular formula is C28H23ClN4O2. The molecular weight excluding hydrogens is 460 g/mol. The zero-order valence-electron chi connectivity index (χ0n) is 19.3. The van der Waals surface area contributed by atoms with Crippen LogP contribution in [0.3, 0.4) is 0 Å². The highest BCUT2D eigenvalue weighted by Crippen LogP contribution is 2.30. The molecule has 1 aromatic heterocycles. The van der Waals surface area contributed by atoms with Gasteiger partial charge in [0.2, 0.25) is 5.91 Å². The van der Waals surface area contributed by atoms with E-state index < -0.39 is 0 Å². The molecule has 1 amide bonds. The van der Waals surface area contributed by atoms with E-state index in [0.29, 0.717) is 34.4 Å². The lowest BCUT2D eigenvalue weighted by Gasteiger charge is -2.11. The molecule has 174 valence electrons. The number of hydrogen-bond donors (Lipinski definition) is 2. The molecule has 6 nitrogen and oxygen atoms in total. The Kier molecular flexibility index (Phi) is 7.61. The van der Waals surface area contributed by atoms with Gasteiger partial charge in [0, 0.05) is 30.1 Å². The van der Waals surface area contributed by atoms with Crippen molar-refractivity contribution in [1.29, 1.82) is 0 Å². The second-order valence-corrected chi connectivity index (χ2v) is 8.25. The molecule has 2 N–H and O–H groups in total. The number of carbonyl (C=O) groups excluding carboxylic acids is 1. The van der Waals surface area contributed by atoms with E-state index in [1.54, 1.807) is 18.3 Å². The van der Waals surface area contributed by atoms with Gasteiger partial charge in [-0.1, -0.05) is 59.3 Å². The summed E-state index contributed by atoms with van der Waals surface area (Å²) in [6.07, 6.45) is 3.09. The molecule has 0 aliphatic carbocycles. The van der Waals surface area contributed by atoms with Crippen LogP contribution in [0.1, 0.15) is 29.2 Å². The third kappa shape index (κ3) is 6.83. The van der Waals surface area contributed by atoms with Gasteiger partial charge in [0.05, 0.1) is 10.6 Å². The number of anilines is 3. The number of halogens is 1. The van der Waals surface area contributed by atoms with Crippen LogP contribution in [0.5, 0.6) is 5.75 Å². The van der Waals surface area contributed by atoms with Crippen molar-refractivity contribution in [3.63, 3.8) is 0 Å². The van der Waals surface area contributed by atoms with E-state index in [9.17, 15) is 4.79 Å². The van der Waals surface area contributed by atoms with Crippen LogP contribution in [-0.4, -0.2) is 15.9 Å². The Hall–Kier alpha value is -4.34. The maximum Gasteiger partial charge on any atom is 0.221 e. The van der Waals surface area contributed by atoms with Crippen molar-refractivity contribution < 1.29 is 9.53 Å². The number of rotatable bonds is 6. The third-order valence-electron chi connectivity index (χ3n) is 4.91. The summed E-state index contributed by atoms with van der Waals surface area (Å²) in [6.45, 7) is 3.95. The molecule has 3 aromatic carbocycles. The number of aryl methyl sites for hydroxylation is 1. The van der Waals surface area contributed by atoms with Crippen LogP contribution < -0.4 is 15.4 Å². The average molecular weight is 483 g/mol. The van der Waals surface area contributed by atoms with Crippen LogP contribution in [-0.2, 0) is 11.4 Å². The van der Waals surface area contributed by atoms with Gasteiger partial charge in [-0.05, 0) is 48.9 Å². The van der Waals surface area contributed by atoms with Gasteiger partial charge >= 0.3 is 0 Å². The van der Waals surface area contributed by atoms with Gasteiger partial charge in [0.1, 0.15) is 24.5 Å². The van der Waals surface area contributed by atoms with Crippen LogP contribution in [0.2, 0.25) is 5.02 Å². The Morgan fingerprint density at radius 2 is 1.89 bits per heavy atom. The minimum absolute atomic E-state index is 0.136. The molecule has 0 aliphatic heterocycles. The highest BCUT2D eigenvalue weighted by Gasteiger charge is 2.07. The van der Waals surface area contributed by atoms with Crippen LogP contribution in [0.25, 0.3) is 0 Å². The molecule has 0 saturated heterocycles. The van der Waals surface area contributed by atoms with Gasteiger partial charge < -0.3 is 15.4 Å². The first-order valence-electron chi connectivity index (χ1n) is 10.9. The summed E-state index contributed by atoms with van der Waals surface area (Å²) in [5, 5.41) is 6.48. The van der Waals surface area contributed by atoms with Gasteiger partial charge in [-0.15, -0.1) is 0 Å². The first kappa shape index (κ1) is 23.8. The van der Waals surface area contributed by atoms with Crippen molar-refractivity contribution in [1.82, 2.24) is 9.97 Å². The average Bonchev–Trinajstić information content (AvgIpc) is 2.83. The number of amides is 1. The Balaban J connectivity index is 1.48. The molecule has 0 unspecified atom stereocenters. The molecule has 0 aliphatic rings. The van der Waals surface area contributed by atoms with E-state index in [2.05, 4.69) is 38.5 Å². The summed E-state index contributed by atoms with van der Waals surface area (Å²) >= 11 is 6.47. The lowest BCUT2D eigenvalue weighted by atomic mass is 10.1. The predicted octanol–water partition coefficient (Wildman–Crippen LogP) is 6.12. The fourth-order valence-corrected chi connectivity index (χ4v) is 3.57. The maximum atomic E-state index is 11.3. The maximum absolute atomic E-state index is 11.3. The van der Waals surface area contributed by atoms with Crippen LogP contribution >= 0.6 is 11.6 Å². The normalized spacial score (nSPS) is 10.1. The van der Waals surface area contributed by atoms with E-state index in [-0.39, 0.29) is 5.91 Å². The molecule has 1 heterocycles. The zero-order valence-corrected chi connectivity index (χ0v) is 20.1. The molecule has 0 spiro atoms. The summed E-state index contributed by atoms with van der Waals surface area (Å²) in [5.74, 6) is 7.19. The van der Waals surface area contributed by atoms with E-state index >= 15 is 0 Å². The monoisotopic (exact) mass is 482 g/mol. The first-order valence-corrected chi connectivity index (χ1v) is 11.3. The van der Waals surface area contributed by atoms with Crippen molar-refractivity contribution in [2.75, 3.05) is 10.6 Å². The largest absolute Gasteiger partial charge is 0.487 e. The second kappa shape index (κ2) is 11.2. The minimum Gasteiger partial charge on any atom is -0.487 e. The van der Waals surface area contributed by atoms with Gasteiger partial charge in [-0.25, -0.2) is 9.97 Å². The lowest BCUT2D eigenvalue weighted by Crippen LogP contribution is -2.05. The van der Waals surface area contributed by atoms with Gasteiger partial charge in [-0.2, -0.15) is 0 Å².